The molecule has 0 aromatic carbocycles. The van der Waals surface area contributed by atoms with Gasteiger partial charge in [0.2, 0.25) is 11.8 Å². The van der Waals surface area contributed by atoms with E-state index in [1.807, 2.05) is 26.0 Å². The third-order valence-corrected chi connectivity index (χ3v) is 3.46. The minimum absolute atomic E-state index is 0.219. The number of hydrogen-bond donors (Lipinski definition) is 1. The Morgan fingerprint density at radius 2 is 1.87 bits per heavy atom. The van der Waals surface area contributed by atoms with Crippen molar-refractivity contribution in [3.05, 3.63) is 42.3 Å². The molecule has 0 aliphatic heterocycles. The van der Waals surface area contributed by atoms with Crippen molar-refractivity contribution in [2.24, 2.45) is 0 Å². The van der Waals surface area contributed by atoms with Gasteiger partial charge in [0.25, 0.3) is 0 Å². The minimum Gasteiger partial charge on any atom is -0.443 e. The minimum atomic E-state index is 0.219. The summed E-state index contributed by atoms with van der Waals surface area (Å²) in [7, 11) is 0. The zero-order valence-corrected chi connectivity index (χ0v) is 12.6. The number of aromatic nitrogens is 6. The van der Waals surface area contributed by atoms with Crippen molar-refractivity contribution in [2.45, 2.75) is 13.8 Å². The van der Waals surface area contributed by atoms with E-state index in [0.29, 0.717) is 17.2 Å². The van der Waals surface area contributed by atoms with E-state index in [0.717, 1.165) is 22.5 Å². The first kappa shape index (κ1) is 13.4. The fourth-order valence-electron chi connectivity index (χ4n) is 2.64. The summed E-state index contributed by atoms with van der Waals surface area (Å²) in [4.78, 5) is 17.3. The van der Waals surface area contributed by atoms with E-state index in [1.54, 1.807) is 6.20 Å². The Bertz CT molecular complexity index is 984. The van der Waals surface area contributed by atoms with Crippen molar-refractivity contribution in [1.82, 2.24) is 29.5 Å². The van der Waals surface area contributed by atoms with Gasteiger partial charge in [-0.05, 0) is 31.5 Å². The van der Waals surface area contributed by atoms with Gasteiger partial charge >= 0.3 is 0 Å². The number of oxazole rings is 1. The number of aryl methyl sites for hydroxylation is 2. The molecule has 0 unspecified atom stereocenters. The van der Waals surface area contributed by atoms with Gasteiger partial charge in [-0.1, -0.05) is 0 Å². The Labute approximate surface area is 131 Å². The highest BCUT2D eigenvalue weighted by molar-refractivity contribution is 5.88. The molecule has 4 rings (SSSR count). The Kier molecular flexibility index (Phi) is 2.83. The van der Waals surface area contributed by atoms with Crippen molar-refractivity contribution in [1.29, 1.82) is 0 Å². The largest absolute Gasteiger partial charge is 0.443 e. The van der Waals surface area contributed by atoms with Crippen molar-refractivity contribution in [3.8, 4) is 22.7 Å². The van der Waals surface area contributed by atoms with Crippen LogP contribution in [0.4, 0.5) is 5.95 Å². The molecule has 4 heterocycles. The molecular weight excluding hydrogens is 294 g/mol. The zero-order chi connectivity index (χ0) is 16.0. The summed E-state index contributed by atoms with van der Waals surface area (Å²) in [6.45, 7) is 3.88. The number of nitrogens with zero attached hydrogens (tertiary/aromatic N) is 6. The van der Waals surface area contributed by atoms with Gasteiger partial charge in [0.05, 0.1) is 11.8 Å². The lowest BCUT2D eigenvalue weighted by atomic mass is 10.0. The average molecular weight is 307 g/mol. The van der Waals surface area contributed by atoms with E-state index in [1.165, 1.54) is 17.1 Å². The maximum Gasteiger partial charge on any atom is 0.245 e. The van der Waals surface area contributed by atoms with Crippen molar-refractivity contribution in [2.75, 3.05) is 5.73 Å². The maximum atomic E-state index is 5.98. The monoisotopic (exact) mass is 307 g/mol. The molecule has 114 valence electrons. The second-order valence-corrected chi connectivity index (χ2v) is 5.16. The molecule has 0 fully saturated rings. The molecule has 0 saturated heterocycles. The first-order chi connectivity index (χ1) is 11.1. The van der Waals surface area contributed by atoms with Crippen LogP contribution >= 0.6 is 0 Å². The lowest BCUT2D eigenvalue weighted by Crippen LogP contribution is -2.06. The van der Waals surface area contributed by atoms with E-state index in [9.17, 15) is 0 Å². The molecular formula is C15H13N7O. The molecule has 0 bridgehead atoms. The number of rotatable bonds is 2. The third-order valence-electron chi connectivity index (χ3n) is 3.46. The van der Waals surface area contributed by atoms with E-state index >= 15 is 0 Å². The van der Waals surface area contributed by atoms with Gasteiger partial charge in [0, 0.05) is 11.4 Å². The number of nitrogens with two attached hydrogens (primary N) is 1. The van der Waals surface area contributed by atoms with Crippen LogP contribution in [0.25, 0.3) is 28.4 Å². The van der Waals surface area contributed by atoms with Crippen LogP contribution in [0.1, 0.15) is 11.4 Å². The molecule has 8 heteroatoms. The number of pyridine rings is 1. The molecule has 0 amide bonds. The molecule has 0 aliphatic rings. The van der Waals surface area contributed by atoms with E-state index in [2.05, 4.69) is 25.0 Å². The van der Waals surface area contributed by atoms with Crippen LogP contribution in [-0.2, 0) is 0 Å². The first-order valence-electron chi connectivity index (χ1n) is 6.98. The summed E-state index contributed by atoms with van der Waals surface area (Å²) in [5, 5.41) is 4.12. The standard InChI is InChI=1S/C15H13N7O/c1-8-5-10(6-9(2)20-8)11-12(14-17-3-4-23-14)21-15(16)22-13(11)18-7-19-22/h3-7H,1-2H3,(H2,16,21). The predicted octanol–water partition coefficient (Wildman–Crippen LogP) is 2.04. The SMILES string of the molecule is Cc1cc(-c2c(-c3ncco3)nc(N)n3ncnc23)cc(C)n1. The fourth-order valence-corrected chi connectivity index (χ4v) is 2.64. The molecule has 8 nitrogen and oxygen atoms in total. The summed E-state index contributed by atoms with van der Waals surface area (Å²) in [5.74, 6) is 0.598. The predicted molar refractivity (Wildman–Crippen MR) is 83.4 cm³/mol. The molecule has 0 saturated carbocycles. The van der Waals surface area contributed by atoms with Crippen molar-refractivity contribution in [3.63, 3.8) is 0 Å². The number of hydrogen-bond acceptors (Lipinski definition) is 7. The van der Waals surface area contributed by atoms with Crippen LogP contribution in [0.3, 0.4) is 0 Å². The molecule has 4 aromatic heterocycles. The Morgan fingerprint density at radius 3 is 2.57 bits per heavy atom. The van der Waals surface area contributed by atoms with Gasteiger partial charge in [-0.3, -0.25) is 4.98 Å². The molecule has 4 aromatic rings. The Morgan fingerprint density at radius 1 is 1.09 bits per heavy atom. The third kappa shape index (κ3) is 2.11. The fraction of sp³-hybridized carbons (Fsp3) is 0.133. The smallest absolute Gasteiger partial charge is 0.245 e. The molecule has 0 spiro atoms. The van der Waals surface area contributed by atoms with Gasteiger partial charge in [-0.25, -0.2) is 15.0 Å². The van der Waals surface area contributed by atoms with Gasteiger partial charge in [0.1, 0.15) is 18.3 Å². The summed E-state index contributed by atoms with van der Waals surface area (Å²) < 4.78 is 6.91. The molecule has 0 aliphatic carbocycles. The van der Waals surface area contributed by atoms with Gasteiger partial charge < -0.3 is 10.2 Å². The lowest BCUT2D eigenvalue weighted by Gasteiger charge is -2.10. The van der Waals surface area contributed by atoms with Crippen molar-refractivity contribution >= 4 is 11.6 Å². The maximum absolute atomic E-state index is 5.98. The van der Waals surface area contributed by atoms with Crippen LogP contribution < -0.4 is 5.73 Å². The number of fused-ring (bicyclic) bond motifs is 1. The van der Waals surface area contributed by atoms with Crippen LogP contribution in [0.15, 0.2) is 35.3 Å². The van der Waals surface area contributed by atoms with E-state index in [-0.39, 0.29) is 5.95 Å². The van der Waals surface area contributed by atoms with Gasteiger partial charge in [-0.2, -0.15) is 9.61 Å². The topological polar surface area (TPSA) is 108 Å². The quantitative estimate of drug-likeness (QED) is 0.603. The lowest BCUT2D eigenvalue weighted by molar-refractivity contribution is 0.572. The van der Waals surface area contributed by atoms with E-state index in [4.69, 9.17) is 10.2 Å². The summed E-state index contributed by atoms with van der Waals surface area (Å²) in [6.07, 6.45) is 4.50. The molecule has 2 N–H and O–H groups in total. The average Bonchev–Trinajstić information content (AvgIpc) is 3.17. The van der Waals surface area contributed by atoms with Crippen LogP contribution in [0.2, 0.25) is 0 Å². The molecule has 0 atom stereocenters. The highest BCUT2D eigenvalue weighted by Gasteiger charge is 2.21. The molecule has 0 radical (unpaired) electrons. The number of nitrogen functional groups attached to an aromatic ring is 1. The normalized spacial score (nSPS) is 11.2. The van der Waals surface area contributed by atoms with Crippen molar-refractivity contribution < 1.29 is 4.42 Å². The molecule has 23 heavy (non-hydrogen) atoms. The van der Waals surface area contributed by atoms with Gasteiger partial charge in [-0.15, -0.1) is 0 Å². The first-order valence-corrected chi connectivity index (χ1v) is 6.98. The Hall–Kier alpha value is -3.29. The van der Waals surface area contributed by atoms with Gasteiger partial charge in [0.15, 0.2) is 5.65 Å². The highest BCUT2D eigenvalue weighted by atomic mass is 16.3. The Balaban J connectivity index is 2.13. The van der Waals surface area contributed by atoms with Crippen LogP contribution in [-0.4, -0.2) is 29.5 Å². The number of anilines is 1. The van der Waals surface area contributed by atoms with Crippen LogP contribution in [0.5, 0.6) is 0 Å². The summed E-state index contributed by atoms with van der Waals surface area (Å²) in [5.41, 5.74) is 10.6. The summed E-state index contributed by atoms with van der Waals surface area (Å²) in [6, 6.07) is 3.92. The van der Waals surface area contributed by atoms with Crippen LogP contribution in [0, 0.1) is 13.8 Å². The second kappa shape index (κ2) is 4.87. The second-order valence-electron chi connectivity index (χ2n) is 5.16. The van der Waals surface area contributed by atoms with E-state index < -0.39 is 0 Å². The summed E-state index contributed by atoms with van der Waals surface area (Å²) >= 11 is 0. The zero-order valence-electron chi connectivity index (χ0n) is 12.6. The highest BCUT2D eigenvalue weighted by Crippen LogP contribution is 2.34.